The van der Waals surface area contributed by atoms with Gasteiger partial charge in [0.1, 0.15) is 9.84 Å². The first-order chi connectivity index (χ1) is 9.49. The number of rotatable bonds is 6. The van der Waals surface area contributed by atoms with E-state index >= 15 is 0 Å². The van der Waals surface area contributed by atoms with E-state index in [0.717, 1.165) is 6.26 Å². The van der Waals surface area contributed by atoms with Crippen molar-refractivity contribution in [2.45, 2.75) is 18.2 Å². The molecule has 0 aliphatic carbocycles. The van der Waals surface area contributed by atoms with E-state index in [4.69, 9.17) is 5.14 Å². The molecule has 0 unspecified atom stereocenters. The van der Waals surface area contributed by atoms with E-state index in [1.807, 2.05) is 0 Å². The highest BCUT2D eigenvalue weighted by Crippen LogP contribution is 2.13. The molecule has 1 rings (SSSR count). The minimum Gasteiger partial charge on any atom is -0.352 e. The summed E-state index contributed by atoms with van der Waals surface area (Å²) >= 11 is 0. The fourth-order valence-corrected chi connectivity index (χ4v) is 2.99. The van der Waals surface area contributed by atoms with Crippen LogP contribution in [0, 0.1) is 6.92 Å². The normalized spacial score (nSPS) is 12.1. The number of hydrogen-bond acceptors (Lipinski definition) is 5. The van der Waals surface area contributed by atoms with Gasteiger partial charge in [-0.15, -0.1) is 0 Å². The summed E-state index contributed by atoms with van der Waals surface area (Å²) in [6.45, 7) is 1.83. The largest absolute Gasteiger partial charge is 0.352 e. The molecule has 0 heterocycles. The molecule has 1 aromatic carbocycles. The van der Waals surface area contributed by atoms with Gasteiger partial charge in [-0.1, -0.05) is 0 Å². The lowest BCUT2D eigenvalue weighted by molar-refractivity contribution is 0.0953. The Bertz CT molecular complexity index is 739. The van der Waals surface area contributed by atoms with E-state index in [9.17, 15) is 21.6 Å². The fourth-order valence-electron chi connectivity index (χ4n) is 1.68. The van der Waals surface area contributed by atoms with Crippen LogP contribution in [0.15, 0.2) is 23.1 Å². The van der Waals surface area contributed by atoms with Gasteiger partial charge in [0.25, 0.3) is 5.91 Å². The lowest BCUT2D eigenvalue weighted by Gasteiger charge is -2.07. The van der Waals surface area contributed by atoms with Gasteiger partial charge < -0.3 is 5.32 Å². The van der Waals surface area contributed by atoms with Crippen molar-refractivity contribution >= 4 is 25.8 Å². The van der Waals surface area contributed by atoms with E-state index in [2.05, 4.69) is 5.32 Å². The smallest absolute Gasteiger partial charge is 0.251 e. The summed E-state index contributed by atoms with van der Waals surface area (Å²) in [6, 6.07) is 4.09. The standard InChI is InChI=1S/C12H18N2O5S2/c1-9-6-10(8-11(7-9)21(13,18)19)12(15)14-4-3-5-20(2,16)17/h6-8H,3-5H2,1-2H3,(H,14,15)(H2,13,18,19). The molecule has 0 saturated heterocycles. The average molecular weight is 334 g/mol. The fraction of sp³-hybridized carbons (Fsp3) is 0.417. The Labute approximate surface area is 124 Å². The summed E-state index contributed by atoms with van der Waals surface area (Å²) in [7, 11) is -6.95. The SMILES string of the molecule is Cc1cc(C(=O)NCCCS(C)(=O)=O)cc(S(N)(=O)=O)c1. The number of carbonyl (C=O) groups excluding carboxylic acids is 1. The van der Waals surface area contributed by atoms with Crippen LogP contribution in [-0.2, 0) is 19.9 Å². The molecule has 0 atom stereocenters. The first-order valence-corrected chi connectivity index (χ1v) is 9.70. The number of primary sulfonamides is 1. The van der Waals surface area contributed by atoms with Gasteiger partial charge in [-0.25, -0.2) is 22.0 Å². The van der Waals surface area contributed by atoms with Gasteiger partial charge in [0.05, 0.1) is 10.6 Å². The zero-order chi connectivity index (χ0) is 16.3. The number of benzene rings is 1. The average Bonchev–Trinajstić information content (AvgIpc) is 2.31. The van der Waals surface area contributed by atoms with Crippen LogP contribution in [0.3, 0.4) is 0 Å². The highest BCUT2D eigenvalue weighted by atomic mass is 32.2. The number of sulfonamides is 1. The Morgan fingerprint density at radius 2 is 1.81 bits per heavy atom. The predicted octanol–water partition coefficient (Wildman–Crippen LogP) is -0.193. The second-order valence-electron chi connectivity index (χ2n) is 4.82. The Kier molecular flexibility index (Phi) is 5.48. The molecule has 1 amide bonds. The number of aryl methyl sites for hydroxylation is 1. The zero-order valence-corrected chi connectivity index (χ0v) is 13.4. The lowest BCUT2D eigenvalue weighted by atomic mass is 10.1. The van der Waals surface area contributed by atoms with Crippen molar-refractivity contribution in [3.63, 3.8) is 0 Å². The maximum Gasteiger partial charge on any atom is 0.251 e. The van der Waals surface area contributed by atoms with Crippen LogP contribution in [0.5, 0.6) is 0 Å². The summed E-state index contributed by atoms with van der Waals surface area (Å²) < 4.78 is 44.5. The van der Waals surface area contributed by atoms with Gasteiger partial charge in [-0.2, -0.15) is 0 Å². The van der Waals surface area contributed by atoms with Crippen LogP contribution in [0.25, 0.3) is 0 Å². The Balaban J connectivity index is 2.77. The van der Waals surface area contributed by atoms with Crippen LogP contribution in [0.1, 0.15) is 22.3 Å². The van der Waals surface area contributed by atoms with Gasteiger partial charge in [-0.3, -0.25) is 4.79 Å². The molecule has 118 valence electrons. The molecule has 0 spiro atoms. The minimum absolute atomic E-state index is 0.0243. The van der Waals surface area contributed by atoms with Crippen LogP contribution >= 0.6 is 0 Å². The molecule has 1 aromatic rings. The van der Waals surface area contributed by atoms with Gasteiger partial charge >= 0.3 is 0 Å². The Morgan fingerprint density at radius 1 is 1.19 bits per heavy atom. The molecule has 21 heavy (non-hydrogen) atoms. The highest BCUT2D eigenvalue weighted by Gasteiger charge is 2.13. The molecule has 0 saturated carbocycles. The van der Waals surface area contributed by atoms with E-state index in [0.29, 0.717) is 12.0 Å². The molecule has 0 fully saturated rings. The maximum absolute atomic E-state index is 11.9. The van der Waals surface area contributed by atoms with Crippen LogP contribution < -0.4 is 10.5 Å². The van der Waals surface area contributed by atoms with E-state index < -0.39 is 25.8 Å². The zero-order valence-electron chi connectivity index (χ0n) is 11.8. The lowest BCUT2D eigenvalue weighted by Crippen LogP contribution is -2.26. The first-order valence-electron chi connectivity index (χ1n) is 6.09. The summed E-state index contributed by atoms with van der Waals surface area (Å²) in [5.74, 6) is -0.499. The summed E-state index contributed by atoms with van der Waals surface area (Å²) in [6.07, 6.45) is 1.41. The molecule has 0 radical (unpaired) electrons. The number of hydrogen-bond donors (Lipinski definition) is 2. The third-order valence-corrected chi connectivity index (χ3v) is 4.54. The monoisotopic (exact) mass is 334 g/mol. The molecular formula is C12H18N2O5S2. The van der Waals surface area contributed by atoms with Crippen molar-refractivity contribution in [1.29, 1.82) is 0 Å². The van der Waals surface area contributed by atoms with Crippen LogP contribution in [0.4, 0.5) is 0 Å². The maximum atomic E-state index is 11.9. The van der Waals surface area contributed by atoms with E-state index in [-0.39, 0.29) is 22.8 Å². The number of amides is 1. The van der Waals surface area contributed by atoms with Gasteiger partial charge in [-0.05, 0) is 37.1 Å². The van der Waals surface area contributed by atoms with Gasteiger partial charge in [0.2, 0.25) is 10.0 Å². The Hall–Kier alpha value is -1.45. The summed E-state index contributed by atoms with van der Waals surface area (Å²) in [4.78, 5) is 11.8. The number of nitrogens with one attached hydrogen (secondary N) is 1. The number of carbonyl (C=O) groups is 1. The van der Waals surface area contributed by atoms with Crippen molar-refractivity contribution in [1.82, 2.24) is 5.32 Å². The van der Waals surface area contributed by atoms with Crippen molar-refractivity contribution in [3.05, 3.63) is 29.3 Å². The molecule has 0 bridgehead atoms. The highest BCUT2D eigenvalue weighted by molar-refractivity contribution is 7.90. The second-order valence-corrected chi connectivity index (χ2v) is 8.64. The van der Waals surface area contributed by atoms with Crippen molar-refractivity contribution in [2.24, 2.45) is 5.14 Å². The third kappa shape index (κ3) is 6.23. The topological polar surface area (TPSA) is 123 Å². The molecule has 9 heteroatoms. The van der Waals surface area contributed by atoms with Crippen molar-refractivity contribution in [2.75, 3.05) is 18.6 Å². The first kappa shape index (κ1) is 17.6. The molecule has 7 nitrogen and oxygen atoms in total. The predicted molar refractivity (Wildman–Crippen MR) is 79.2 cm³/mol. The molecule has 0 aliphatic rings. The Morgan fingerprint density at radius 3 is 2.33 bits per heavy atom. The molecule has 0 aromatic heterocycles. The molecule has 3 N–H and O–H groups in total. The van der Waals surface area contributed by atoms with Gasteiger partial charge in [0.15, 0.2) is 0 Å². The third-order valence-electron chi connectivity index (χ3n) is 2.62. The number of sulfone groups is 1. The van der Waals surface area contributed by atoms with E-state index in [1.165, 1.54) is 18.2 Å². The number of nitrogens with two attached hydrogens (primary N) is 1. The van der Waals surface area contributed by atoms with Crippen molar-refractivity contribution in [3.8, 4) is 0 Å². The van der Waals surface area contributed by atoms with Gasteiger partial charge in [0, 0.05) is 18.4 Å². The second kappa shape index (κ2) is 6.54. The summed E-state index contributed by atoms with van der Waals surface area (Å²) in [5.41, 5.74) is 0.751. The molecule has 0 aliphatic heterocycles. The van der Waals surface area contributed by atoms with Crippen LogP contribution in [0.2, 0.25) is 0 Å². The van der Waals surface area contributed by atoms with E-state index in [1.54, 1.807) is 6.92 Å². The minimum atomic E-state index is -3.89. The molecular weight excluding hydrogens is 316 g/mol. The summed E-state index contributed by atoms with van der Waals surface area (Å²) in [5, 5.41) is 7.58. The van der Waals surface area contributed by atoms with Crippen molar-refractivity contribution < 1.29 is 21.6 Å². The van der Waals surface area contributed by atoms with Crippen LogP contribution in [-0.4, -0.2) is 41.3 Å². The quantitative estimate of drug-likeness (QED) is 0.698.